The van der Waals surface area contributed by atoms with E-state index in [1.165, 1.54) is 12.1 Å². The van der Waals surface area contributed by atoms with Crippen molar-refractivity contribution < 1.29 is 13.9 Å². The standard InChI is InChI=1S/C32H29ClFN3O2/c1-18-13-21(17-39-29-12-7-22(33)15-19(29)2)20(3)25(14-18)30-26(16-35)32(36)37(24-10-8-23(34)9-11-24)27-5-4-6-28(38)31(27)30/h7-15,30H,4-6,17,36H2,1-3H3. The summed E-state index contributed by atoms with van der Waals surface area (Å²) in [7, 11) is 0. The van der Waals surface area contributed by atoms with Gasteiger partial charge >= 0.3 is 0 Å². The summed E-state index contributed by atoms with van der Waals surface area (Å²) in [6.07, 6.45) is 1.72. The van der Waals surface area contributed by atoms with E-state index in [0.717, 1.165) is 39.3 Å². The molecule has 1 unspecified atom stereocenters. The smallest absolute Gasteiger partial charge is 0.161 e. The molecule has 0 fully saturated rings. The van der Waals surface area contributed by atoms with Crippen molar-refractivity contribution in [3.8, 4) is 11.8 Å². The Hall–Kier alpha value is -4.08. The maximum atomic E-state index is 13.7. The lowest BCUT2D eigenvalue weighted by molar-refractivity contribution is -0.116. The lowest BCUT2D eigenvalue weighted by atomic mass is 9.73. The highest BCUT2D eigenvalue weighted by Crippen LogP contribution is 2.47. The molecule has 1 atom stereocenters. The molecule has 0 radical (unpaired) electrons. The van der Waals surface area contributed by atoms with E-state index in [9.17, 15) is 14.4 Å². The first kappa shape index (κ1) is 26.5. The third-order valence-corrected chi connectivity index (χ3v) is 7.76. The van der Waals surface area contributed by atoms with E-state index in [-0.39, 0.29) is 17.4 Å². The van der Waals surface area contributed by atoms with Crippen LogP contribution in [0.2, 0.25) is 5.02 Å². The molecule has 7 heteroatoms. The summed E-state index contributed by atoms with van der Waals surface area (Å²) in [6, 6.07) is 17.8. The van der Waals surface area contributed by atoms with Crippen LogP contribution >= 0.6 is 11.6 Å². The first-order valence-electron chi connectivity index (χ1n) is 12.9. The number of benzene rings is 3. The first-order chi connectivity index (χ1) is 18.7. The number of nitrogens with two attached hydrogens (primary N) is 1. The second kappa shape index (κ2) is 10.6. The van der Waals surface area contributed by atoms with Crippen LogP contribution in [0.5, 0.6) is 5.75 Å². The van der Waals surface area contributed by atoms with Gasteiger partial charge in [0.05, 0.1) is 17.6 Å². The molecule has 3 aromatic rings. The van der Waals surface area contributed by atoms with Crippen LogP contribution < -0.4 is 15.4 Å². The zero-order valence-corrected chi connectivity index (χ0v) is 22.9. The third kappa shape index (κ3) is 4.91. The number of nitriles is 1. The van der Waals surface area contributed by atoms with Crippen LogP contribution in [0.15, 0.2) is 77.3 Å². The fourth-order valence-electron chi connectivity index (χ4n) is 5.63. The summed E-state index contributed by atoms with van der Waals surface area (Å²) >= 11 is 6.10. The highest BCUT2D eigenvalue weighted by atomic mass is 35.5. The number of Topliss-reactive ketones (excluding diaryl/α,β-unsaturated/α-hetero) is 1. The number of halogens is 2. The van der Waals surface area contributed by atoms with Crippen LogP contribution in [0.25, 0.3) is 0 Å². The number of hydrogen-bond acceptors (Lipinski definition) is 5. The minimum absolute atomic E-state index is 0.00380. The zero-order chi connectivity index (χ0) is 27.8. The number of hydrogen-bond donors (Lipinski definition) is 1. The normalized spacial score (nSPS) is 17.3. The molecule has 0 aromatic heterocycles. The quantitative estimate of drug-likeness (QED) is 0.367. The summed E-state index contributed by atoms with van der Waals surface area (Å²) in [4.78, 5) is 15.3. The molecule has 2 N–H and O–H groups in total. The zero-order valence-electron chi connectivity index (χ0n) is 22.1. The fourth-order valence-corrected chi connectivity index (χ4v) is 5.85. The van der Waals surface area contributed by atoms with Gasteiger partial charge in [-0.25, -0.2) is 4.39 Å². The SMILES string of the molecule is Cc1cc(COc2ccc(Cl)cc2C)c(C)c(C2C(C#N)=C(N)N(c3ccc(F)cc3)C3=C2C(=O)CCC3)c1. The Morgan fingerprint density at radius 1 is 1.10 bits per heavy atom. The molecule has 2 aliphatic rings. The maximum absolute atomic E-state index is 13.7. The molecule has 1 heterocycles. The summed E-state index contributed by atoms with van der Waals surface area (Å²) in [5, 5.41) is 11.0. The van der Waals surface area contributed by atoms with Gasteiger partial charge in [0.1, 0.15) is 24.0 Å². The minimum atomic E-state index is -0.592. The van der Waals surface area contributed by atoms with E-state index in [1.54, 1.807) is 23.1 Å². The molecule has 0 saturated carbocycles. The predicted molar refractivity (Wildman–Crippen MR) is 151 cm³/mol. The van der Waals surface area contributed by atoms with Gasteiger partial charge in [0.15, 0.2) is 5.78 Å². The van der Waals surface area contributed by atoms with Crippen molar-refractivity contribution in [1.29, 1.82) is 5.26 Å². The van der Waals surface area contributed by atoms with Gasteiger partial charge < -0.3 is 10.5 Å². The number of nitrogens with zero attached hydrogens (tertiary/aromatic N) is 2. The first-order valence-corrected chi connectivity index (χ1v) is 13.3. The van der Waals surface area contributed by atoms with Gasteiger partial charge in [0.2, 0.25) is 0 Å². The Morgan fingerprint density at radius 3 is 2.54 bits per heavy atom. The average Bonchev–Trinajstić information content (AvgIpc) is 2.90. The Labute approximate surface area is 233 Å². The molecule has 198 valence electrons. The topological polar surface area (TPSA) is 79.3 Å². The van der Waals surface area contributed by atoms with Crippen LogP contribution in [0.3, 0.4) is 0 Å². The molecule has 1 aliphatic heterocycles. The minimum Gasteiger partial charge on any atom is -0.489 e. The summed E-state index contributed by atoms with van der Waals surface area (Å²) in [5.41, 5.74) is 13.7. The van der Waals surface area contributed by atoms with Crippen LogP contribution in [0, 0.1) is 37.9 Å². The Bertz CT molecular complexity index is 1580. The molecule has 3 aromatic carbocycles. The van der Waals surface area contributed by atoms with Crippen molar-refractivity contribution in [3.05, 3.63) is 116 Å². The number of aryl methyl sites for hydroxylation is 2. The molecule has 5 nitrogen and oxygen atoms in total. The van der Waals surface area contributed by atoms with Crippen molar-refractivity contribution in [1.82, 2.24) is 0 Å². The van der Waals surface area contributed by atoms with E-state index in [4.69, 9.17) is 22.1 Å². The number of ketones is 1. The van der Waals surface area contributed by atoms with Crippen LogP contribution in [-0.4, -0.2) is 5.78 Å². The molecule has 0 bridgehead atoms. The van der Waals surface area contributed by atoms with Gasteiger partial charge in [0, 0.05) is 28.4 Å². The van der Waals surface area contributed by atoms with E-state index < -0.39 is 5.92 Å². The van der Waals surface area contributed by atoms with E-state index in [0.29, 0.717) is 47.7 Å². The Balaban J connectivity index is 1.62. The summed E-state index contributed by atoms with van der Waals surface area (Å²) < 4.78 is 19.9. The number of ether oxygens (including phenoxy) is 1. The largest absolute Gasteiger partial charge is 0.489 e. The van der Waals surface area contributed by atoms with Gasteiger partial charge in [-0.1, -0.05) is 29.3 Å². The van der Waals surface area contributed by atoms with Crippen molar-refractivity contribution in [2.24, 2.45) is 5.73 Å². The predicted octanol–water partition coefficient (Wildman–Crippen LogP) is 7.29. The van der Waals surface area contributed by atoms with E-state index in [1.807, 2.05) is 39.0 Å². The molecule has 0 spiro atoms. The van der Waals surface area contributed by atoms with E-state index >= 15 is 0 Å². The molecule has 0 saturated heterocycles. The van der Waals surface area contributed by atoms with Gasteiger partial charge in [-0.05, 0) is 98.3 Å². The highest BCUT2D eigenvalue weighted by molar-refractivity contribution is 6.30. The Morgan fingerprint density at radius 2 is 1.85 bits per heavy atom. The summed E-state index contributed by atoms with van der Waals surface area (Å²) in [6.45, 7) is 6.25. The lowest BCUT2D eigenvalue weighted by Crippen LogP contribution is -2.39. The maximum Gasteiger partial charge on any atom is 0.161 e. The second-order valence-corrected chi connectivity index (χ2v) is 10.6. The van der Waals surface area contributed by atoms with Crippen LogP contribution in [0.4, 0.5) is 10.1 Å². The molecule has 39 heavy (non-hydrogen) atoms. The van der Waals surface area contributed by atoms with Crippen molar-refractivity contribution in [3.63, 3.8) is 0 Å². The molecule has 1 aliphatic carbocycles. The van der Waals surface area contributed by atoms with Crippen molar-refractivity contribution in [2.45, 2.75) is 52.6 Å². The second-order valence-electron chi connectivity index (χ2n) is 10.1. The average molecular weight is 542 g/mol. The van der Waals surface area contributed by atoms with Gasteiger partial charge in [-0.2, -0.15) is 5.26 Å². The highest BCUT2D eigenvalue weighted by Gasteiger charge is 2.41. The van der Waals surface area contributed by atoms with Crippen LogP contribution in [-0.2, 0) is 11.4 Å². The van der Waals surface area contributed by atoms with Crippen molar-refractivity contribution >= 4 is 23.1 Å². The van der Waals surface area contributed by atoms with E-state index in [2.05, 4.69) is 12.1 Å². The van der Waals surface area contributed by atoms with Crippen molar-refractivity contribution in [2.75, 3.05) is 4.90 Å². The molecular formula is C32H29ClFN3O2. The Kier molecular flexibility index (Phi) is 7.20. The third-order valence-electron chi connectivity index (χ3n) is 7.53. The lowest BCUT2D eigenvalue weighted by Gasteiger charge is -2.40. The molecule has 5 rings (SSSR count). The molecule has 0 amide bonds. The monoisotopic (exact) mass is 541 g/mol. The number of anilines is 1. The van der Waals surface area contributed by atoms with Gasteiger partial charge in [0.25, 0.3) is 0 Å². The summed E-state index contributed by atoms with van der Waals surface area (Å²) in [5.74, 6) is 0.0425. The number of carbonyl (C=O) groups excluding carboxylic acids is 1. The van der Waals surface area contributed by atoms with Gasteiger partial charge in [-0.15, -0.1) is 0 Å². The number of carbonyl (C=O) groups is 1. The fraction of sp³-hybridized carbons (Fsp3) is 0.250. The number of allylic oxidation sites excluding steroid dienone is 3. The van der Waals surface area contributed by atoms with Gasteiger partial charge in [-0.3, -0.25) is 9.69 Å². The van der Waals surface area contributed by atoms with Crippen LogP contribution in [0.1, 0.15) is 53.0 Å². The number of rotatable bonds is 5. The molecular weight excluding hydrogens is 513 g/mol.